The molecular formula is C16H13N3O2. The van der Waals surface area contributed by atoms with E-state index in [1.165, 1.54) is 0 Å². The van der Waals surface area contributed by atoms with Crippen LogP contribution in [0, 0.1) is 0 Å². The molecule has 0 saturated carbocycles. The molecule has 5 heteroatoms. The second-order valence-electron chi connectivity index (χ2n) is 4.81. The molecule has 3 rings (SSSR count). The lowest BCUT2D eigenvalue weighted by atomic mass is 10.0. The number of hydrogen-bond acceptors (Lipinski definition) is 3. The van der Waals surface area contributed by atoms with Crippen molar-refractivity contribution in [3.63, 3.8) is 0 Å². The van der Waals surface area contributed by atoms with Crippen LogP contribution >= 0.6 is 0 Å². The predicted octanol–water partition coefficient (Wildman–Crippen LogP) is 2.15. The predicted molar refractivity (Wildman–Crippen MR) is 80.1 cm³/mol. The van der Waals surface area contributed by atoms with E-state index in [-0.39, 0.29) is 0 Å². The van der Waals surface area contributed by atoms with Crippen LogP contribution in [0.1, 0.15) is 20.7 Å². The van der Waals surface area contributed by atoms with E-state index in [1.807, 2.05) is 29.8 Å². The molecule has 104 valence electrons. The Labute approximate surface area is 121 Å². The van der Waals surface area contributed by atoms with Gasteiger partial charge in [0.15, 0.2) is 6.29 Å². The molecule has 3 aromatic rings. The van der Waals surface area contributed by atoms with Crippen LogP contribution in [0.2, 0.25) is 0 Å². The molecule has 0 fully saturated rings. The van der Waals surface area contributed by atoms with Gasteiger partial charge in [0, 0.05) is 36.0 Å². The molecule has 0 bridgehead atoms. The maximum atomic E-state index is 11.3. The van der Waals surface area contributed by atoms with Crippen LogP contribution in [0.15, 0.2) is 42.7 Å². The molecule has 2 heterocycles. The molecule has 0 atom stereocenters. The number of carbonyl (C=O) groups is 2. The van der Waals surface area contributed by atoms with Crippen LogP contribution in [0.3, 0.4) is 0 Å². The number of amides is 1. The van der Waals surface area contributed by atoms with Crippen LogP contribution < -0.4 is 5.73 Å². The van der Waals surface area contributed by atoms with Crippen LogP contribution in [0.25, 0.3) is 22.2 Å². The Morgan fingerprint density at radius 3 is 2.57 bits per heavy atom. The van der Waals surface area contributed by atoms with E-state index in [2.05, 4.69) is 4.98 Å². The molecule has 0 unspecified atom stereocenters. The van der Waals surface area contributed by atoms with Crippen LogP contribution in [0.4, 0.5) is 0 Å². The lowest BCUT2D eigenvalue weighted by Crippen LogP contribution is -2.10. The Balaban J connectivity index is 2.24. The van der Waals surface area contributed by atoms with E-state index in [0.29, 0.717) is 11.1 Å². The van der Waals surface area contributed by atoms with Crippen molar-refractivity contribution < 1.29 is 9.59 Å². The summed E-state index contributed by atoms with van der Waals surface area (Å²) >= 11 is 0. The number of benzene rings is 1. The normalized spacial score (nSPS) is 10.7. The van der Waals surface area contributed by atoms with Gasteiger partial charge in [-0.3, -0.25) is 9.59 Å². The van der Waals surface area contributed by atoms with Crippen LogP contribution in [-0.2, 0) is 7.05 Å². The standard InChI is InChI=1S/C16H13N3O2/c1-19-8-12(9-20)14-13(6-7-18-16(14)19)10-2-4-11(5-3-10)15(17)21/h2-9H,1H3,(H2,17,21). The van der Waals surface area contributed by atoms with Gasteiger partial charge < -0.3 is 10.3 Å². The van der Waals surface area contributed by atoms with E-state index in [0.717, 1.165) is 28.4 Å². The molecular weight excluding hydrogens is 266 g/mol. The number of hydrogen-bond donors (Lipinski definition) is 1. The van der Waals surface area contributed by atoms with Gasteiger partial charge in [0.05, 0.1) is 0 Å². The van der Waals surface area contributed by atoms with Gasteiger partial charge in [-0.1, -0.05) is 12.1 Å². The molecule has 1 amide bonds. The summed E-state index contributed by atoms with van der Waals surface area (Å²) in [7, 11) is 1.85. The molecule has 0 radical (unpaired) electrons. The van der Waals surface area contributed by atoms with E-state index in [9.17, 15) is 9.59 Å². The number of pyridine rings is 1. The second kappa shape index (κ2) is 4.86. The summed E-state index contributed by atoms with van der Waals surface area (Å²) in [5.41, 5.74) is 8.84. The SMILES string of the molecule is Cn1cc(C=O)c2c(-c3ccc(C(N)=O)cc3)ccnc21. The van der Waals surface area contributed by atoms with Crippen molar-refractivity contribution in [3.05, 3.63) is 53.9 Å². The van der Waals surface area contributed by atoms with E-state index in [4.69, 9.17) is 5.73 Å². The van der Waals surface area contributed by atoms with Crippen molar-refractivity contribution in [3.8, 4) is 11.1 Å². The Kier molecular flexibility index (Phi) is 3.02. The summed E-state index contributed by atoms with van der Waals surface area (Å²) in [6.07, 6.45) is 4.28. The monoisotopic (exact) mass is 279 g/mol. The lowest BCUT2D eigenvalue weighted by molar-refractivity contribution is 0.1000. The lowest BCUT2D eigenvalue weighted by Gasteiger charge is -2.05. The number of nitrogens with zero attached hydrogens (tertiary/aromatic N) is 2. The third-order valence-corrected chi connectivity index (χ3v) is 3.49. The Morgan fingerprint density at radius 2 is 1.95 bits per heavy atom. The first kappa shape index (κ1) is 13.1. The number of aryl methyl sites for hydroxylation is 1. The Hall–Kier alpha value is -2.95. The third kappa shape index (κ3) is 2.08. The first-order valence-electron chi connectivity index (χ1n) is 6.41. The number of aldehydes is 1. The highest BCUT2D eigenvalue weighted by Crippen LogP contribution is 2.30. The fraction of sp³-hybridized carbons (Fsp3) is 0.0625. The first-order valence-corrected chi connectivity index (χ1v) is 6.41. The van der Waals surface area contributed by atoms with Gasteiger partial charge >= 0.3 is 0 Å². The summed E-state index contributed by atoms with van der Waals surface area (Å²) in [4.78, 5) is 26.7. The fourth-order valence-corrected chi connectivity index (χ4v) is 2.48. The molecule has 5 nitrogen and oxygen atoms in total. The van der Waals surface area contributed by atoms with Gasteiger partial charge in [-0.25, -0.2) is 4.98 Å². The third-order valence-electron chi connectivity index (χ3n) is 3.49. The van der Waals surface area contributed by atoms with E-state index in [1.54, 1.807) is 24.5 Å². The highest BCUT2D eigenvalue weighted by molar-refractivity contribution is 6.05. The fourth-order valence-electron chi connectivity index (χ4n) is 2.48. The van der Waals surface area contributed by atoms with Crippen molar-refractivity contribution in [1.82, 2.24) is 9.55 Å². The molecule has 1 aromatic carbocycles. The molecule has 0 spiro atoms. The smallest absolute Gasteiger partial charge is 0.248 e. The van der Waals surface area contributed by atoms with Gasteiger partial charge in [0.25, 0.3) is 0 Å². The summed E-state index contributed by atoms with van der Waals surface area (Å²) in [6.45, 7) is 0. The van der Waals surface area contributed by atoms with E-state index < -0.39 is 5.91 Å². The number of rotatable bonds is 3. The van der Waals surface area contributed by atoms with Gasteiger partial charge in [-0.05, 0) is 29.3 Å². The largest absolute Gasteiger partial charge is 0.366 e. The van der Waals surface area contributed by atoms with Gasteiger partial charge in [-0.2, -0.15) is 0 Å². The minimum Gasteiger partial charge on any atom is -0.366 e. The first-order chi connectivity index (χ1) is 10.1. The van der Waals surface area contributed by atoms with Crippen molar-refractivity contribution in [2.24, 2.45) is 12.8 Å². The zero-order valence-electron chi connectivity index (χ0n) is 11.4. The Bertz CT molecular complexity index is 848. The molecule has 0 aliphatic heterocycles. The molecule has 21 heavy (non-hydrogen) atoms. The summed E-state index contributed by atoms with van der Waals surface area (Å²) in [5.74, 6) is -0.463. The van der Waals surface area contributed by atoms with Gasteiger partial charge in [0.1, 0.15) is 5.65 Å². The second-order valence-corrected chi connectivity index (χ2v) is 4.81. The zero-order valence-corrected chi connectivity index (χ0v) is 11.4. The van der Waals surface area contributed by atoms with Crippen molar-refractivity contribution >= 4 is 23.2 Å². The summed E-state index contributed by atoms with van der Waals surface area (Å²) < 4.78 is 1.82. The molecule has 0 aliphatic rings. The van der Waals surface area contributed by atoms with Crippen LogP contribution in [0.5, 0.6) is 0 Å². The minimum atomic E-state index is -0.463. The minimum absolute atomic E-state index is 0.452. The molecule has 2 N–H and O–H groups in total. The van der Waals surface area contributed by atoms with Gasteiger partial charge in [0.2, 0.25) is 5.91 Å². The van der Waals surface area contributed by atoms with Crippen molar-refractivity contribution in [2.75, 3.05) is 0 Å². The maximum absolute atomic E-state index is 11.3. The average Bonchev–Trinajstić information content (AvgIpc) is 2.84. The zero-order chi connectivity index (χ0) is 15.0. The van der Waals surface area contributed by atoms with Crippen LogP contribution in [-0.4, -0.2) is 21.7 Å². The van der Waals surface area contributed by atoms with E-state index >= 15 is 0 Å². The molecule has 0 aliphatic carbocycles. The number of nitrogens with two attached hydrogens (primary N) is 1. The highest BCUT2D eigenvalue weighted by atomic mass is 16.1. The number of fused-ring (bicyclic) bond motifs is 1. The quantitative estimate of drug-likeness (QED) is 0.746. The Morgan fingerprint density at radius 1 is 1.24 bits per heavy atom. The summed E-state index contributed by atoms with van der Waals surface area (Å²) in [5, 5.41) is 0.807. The molecule has 2 aromatic heterocycles. The van der Waals surface area contributed by atoms with Crippen molar-refractivity contribution in [1.29, 1.82) is 0 Å². The number of carbonyl (C=O) groups excluding carboxylic acids is 2. The number of primary amides is 1. The maximum Gasteiger partial charge on any atom is 0.248 e. The molecule has 0 saturated heterocycles. The topological polar surface area (TPSA) is 78.0 Å². The average molecular weight is 279 g/mol. The van der Waals surface area contributed by atoms with Crippen molar-refractivity contribution in [2.45, 2.75) is 0 Å². The summed E-state index contributed by atoms with van der Waals surface area (Å²) in [6, 6.07) is 8.84. The van der Waals surface area contributed by atoms with Gasteiger partial charge in [-0.15, -0.1) is 0 Å². The highest BCUT2D eigenvalue weighted by Gasteiger charge is 2.13. The number of aromatic nitrogens is 2.